The average Bonchev–Trinajstić information content (AvgIpc) is 3.23. The Kier molecular flexibility index (Phi) is 6.19. The molecular formula is C27H21F3N6O2. The van der Waals surface area contributed by atoms with Crippen molar-refractivity contribution in [3.63, 3.8) is 0 Å². The molecule has 0 saturated carbocycles. The zero-order valence-electron chi connectivity index (χ0n) is 20.0. The first-order chi connectivity index (χ1) is 18.1. The number of anilines is 1. The van der Waals surface area contributed by atoms with E-state index in [4.69, 9.17) is 5.73 Å². The predicted molar refractivity (Wildman–Crippen MR) is 138 cm³/mol. The molecule has 5 aromatic rings. The van der Waals surface area contributed by atoms with Crippen LogP contribution in [0.2, 0.25) is 0 Å². The largest absolute Gasteiger partial charge is 0.409 e. The van der Waals surface area contributed by atoms with E-state index >= 15 is 0 Å². The number of hydrogen-bond donors (Lipinski definition) is 2. The molecule has 0 bridgehead atoms. The van der Waals surface area contributed by atoms with E-state index in [0.29, 0.717) is 16.8 Å². The zero-order chi connectivity index (χ0) is 27.0. The van der Waals surface area contributed by atoms with E-state index in [1.165, 1.54) is 21.3 Å². The molecule has 192 valence electrons. The van der Waals surface area contributed by atoms with Crippen LogP contribution in [-0.2, 0) is 0 Å². The van der Waals surface area contributed by atoms with Crippen molar-refractivity contribution in [2.45, 2.75) is 19.1 Å². The van der Waals surface area contributed by atoms with E-state index < -0.39 is 23.7 Å². The molecular weight excluding hydrogens is 497 g/mol. The van der Waals surface area contributed by atoms with Gasteiger partial charge in [0.05, 0.1) is 11.4 Å². The molecule has 11 heteroatoms. The van der Waals surface area contributed by atoms with Crippen molar-refractivity contribution in [1.82, 2.24) is 24.5 Å². The number of nitrogen functional groups attached to an aromatic ring is 1. The maximum absolute atomic E-state index is 13.8. The Morgan fingerprint density at radius 1 is 1.11 bits per heavy atom. The van der Waals surface area contributed by atoms with Crippen molar-refractivity contribution in [3.05, 3.63) is 106 Å². The van der Waals surface area contributed by atoms with Crippen LogP contribution >= 0.6 is 0 Å². The van der Waals surface area contributed by atoms with Crippen LogP contribution in [0.1, 0.15) is 34.6 Å². The highest BCUT2D eigenvalue weighted by molar-refractivity contribution is 6.04. The molecule has 1 atom stereocenters. The van der Waals surface area contributed by atoms with Crippen molar-refractivity contribution in [2.75, 3.05) is 5.73 Å². The number of amides is 1. The van der Waals surface area contributed by atoms with Crippen molar-refractivity contribution >= 4 is 34.2 Å². The molecule has 2 aromatic carbocycles. The number of halogens is 3. The number of fused-ring (bicyclic) bond motifs is 2. The van der Waals surface area contributed by atoms with E-state index in [-0.39, 0.29) is 34.1 Å². The van der Waals surface area contributed by atoms with Crippen LogP contribution in [0.25, 0.3) is 28.2 Å². The Balaban J connectivity index is 1.65. The van der Waals surface area contributed by atoms with Gasteiger partial charge in [-0.2, -0.15) is 13.2 Å². The predicted octanol–water partition coefficient (Wildman–Crippen LogP) is 4.68. The Hall–Kier alpha value is -4.93. The fourth-order valence-electron chi connectivity index (χ4n) is 4.36. The molecule has 38 heavy (non-hydrogen) atoms. The van der Waals surface area contributed by atoms with Gasteiger partial charge in [0.1, 0.15) is 5.56 Å². The first-order valence-electron chi connectivity index (χ1n) is 11.5. The smallest absolute Gasteiger partial charge is 0.381 e. The first-order valence-corrected chi connectivity index (χ1v) is 11.5. The van der Waals surface area contributed by atoms with E-state index in [2.05, 4.69) is 15.4 Å². The van der Waals surface area contributed by atoms with Gasteiger partial charge in [-0.1, -0.05) is 36.4 Å². The van der Waals surface area contributed by atoms with Gasteiger partial charge in [-0.3, -0.25) is 14.2 Å². The van der Waals surface area contributed by atoms with E-state index in [1.54, 1.807) is 67.7 Å². The van der Waals surface area contributed by atoms with Crippen molar-refractivity contribution in [3.8, 4) is 5.69 Å². The second-order valence-corrected chi connectivity index (χ2v) is 8.57. The van der Waals surface area contributed by atoms with Crippen LogP contribution in [0, 0.1) is 0 Å². The van der Waals surface area contributed by atoms with Gasteiger partial charge in [0.2, 0.25) is 0 Å². The van der Waals surface area contributed by atoms with Crippen LogP contribution < -0.4 is 16.6 Å². The number of nitrogens with two attached hydrogens (primary N) is 1. The first kappa shape index (κ1) is 24.8. The highest BCUT2D eigenvalue weighted by atomic mass is 19.4. The van der Waals surface area contributed by atoms with E-state index in [9.17, 15) is 22.8 Å². The minimum atomic E-state index is -4.53. The molecule has 0 fully saturated rings. The van der Waals surface area contributed by atoms with E-state index in [0.717, 1.165) is 6.08 Å². The van der Waals surface area contributed by atoms with Gasteiger partial charge in [-0.25, -0.2) is 9.50 Å². The van der Waals surface area contributed by atoms with Gasteiger partial charge < -0.3 is 11.1 Å². The number of nitrogens with one attached hydrogen (secondary N) is 1. The number of nitrogens with zero attached hydrogens (tertiary/aromatic N) is 4. The summed E-state index contributed by atoms with van der Waals surface area (Å²) in [7, 11) is 0. The lowest BCUT2D eigenvalue weighted by Gasteiger charge is -2.21. The SMILES string of the molecule is C[C@H](NC(=O)c1c(N)nn2cccnc12)c1cc2cccc(/C=C/C(F)(F)F)c2c(=O)n1-c1ccccc1. The molecule has 8 nitrogen and oxygen atoms in total. The number of hydrogen-bond acceptors (Lipinski definition) is 5. The van der Waals surface area contributed by atoms with Crippen molar-refractivity contribution < 1.29 is 18.0 Å². The molecule has 0 aliphatic carbocycles. The molecule has 5 rings (SSSR count). The third kappa shape index (κ3) is 4.61. The van der Waals surface area contributed by atoms with Gasteiger partial charge in [-0.05, 0) is 48.2 Å². The molecule has 3 N–H and O–H groups in total. The number of aromatic nitrogens is 4. The summed E-state index contributed by atoms with van der Waals surface area (Å²) in [6, 6.07) is 15.9. The summed E-state index contributed by atoms with van der Waals surface area (Å²) in [5, 5.41) is 7.52. The minimum absolute atomic E-state index is 0.00606. The van der Waals surface area contributed by atoms with Gasteiger partial charge in [0, 0.05) is 29.9 Å². The third-order valence-corrected chi connectivity index (χ3v) is 6.01. The lowest BCUT2D eigenvalue weighted by Crippen LogP contribution is -2.32. The lowest BCUT2D eigenvalue weighted by atomic mass is 10.0. The molecule has 0 spiro atoms. The topological polar surface area (TPSA) is 107 Å². The number of rotatable bonds is 5. The molecule has 0 radical (unpaired) electrons. The lowest BCUT2D eigenvalue weighted by molar-refractivity contribution is -0.0790. The quantitative estimate of drug-likeness (QED) is 0.351. The summed E-state index contributed by atoms with van der Waals surface area (Å²) in [6.07, 6.45) is -0.434. The normalized spacial score (nSPS) is 12.8. The van der Waals surface area contributed by atoms with Crippen LogP contribution in [-0.4, -0.2) is 31.2 Å². The van der Waals surface area contributed by atoms with Gasteiger partial charge >= 0.3 is 6.18 Å². The van der Waals surface area contributed by atoms with Crippen LogP contribution in [0.15, 0.2) is 83.9 Å². The Labute approximate surface area is 213 Å². The maximum atomic E-state index is 13.8. The highest BCUT2D eigenvalue weighted by Crippen LogP contribution is 2.26. The number of carbonyl (C=O) groups is 1. The highest BCUT2D eigenvalue weighted by Gasteiger charge is 2.25. The molecule has 0 aliphatic heterocycles. The Morgan fingerprint density at radius 2 is 1.87 bits per heavy atom. The number of benzene rings is 2. The summed E-state index contributed by atoms with van der Waals surface area (Å²) >= 11 is 0. The van der Waals surface area contributed by atoms with Crippen molar-refractivity contribution in [2.24, 2.45) is 0 Å². The summed E-state index contributed by atoms with van der Waals surface area (Å²) in [4.78, 5) is 31.3. The second kappa shape index (κ2) is 9.51. The standard InChI is InChI=1S/C27H21F3N6O2/c1-16(33-25(37)22-23(31)34-35-14-6-13-32-24(22)35)20-15-18-8-5-7-17(11-12-27(28,29)30)21(18)26(38)36(20)19-9-3-2-4-10-19/h2-16H,1H3,(H2,31,34)(H,33,37)/b12-11+/t16-/m0/s1. The van der Waals surface area contributed by atoms with Crippen LogP contribution in [0.4, 0.5) is 19.0 Å². The summed E-state index contributed by atoms with van der Waals surface area (Å²) in [6.45, 7) is 1.70. The minimum Gasteiger partial charge on any atom is -0.381 e. The number of carbonyl (C=O) groups excluding carboxylic acids is 1. The summed E-state index contributed by atoms with van der Waals surface area (Å²) in [5.41, 5.74) is 6.86. The molecule has 3 aromatic heterocycles. The summed E-state index contributed by atoms with van der Waals surface area (Å²) < 4.78 is 41.4. The monoisotopic (exact) mass is 518 g/mol. The number of alkyl halides is 3. The molecule has 0 saturated heterocycles. The molecule has 3 heterocycles. The maximum Gasteiger partial charge on any atom is 0.409 e. The molecule has 1 amide bonds. The summed E-state index contributed by atoms with van der Waals surface area (Å²) in [5.74, 6) is -0.550. The van der Waals surface area contributed by atoms with Crippen molar-refractivity contribution in [1.29, 1.82) is 0 Å². The molecule has 0 aliphatic rings. The van der Waals surface area contributed by atoms with Crippen LogP contribution in [0.3, 0.4) is 0 Å². The van der Waals surface area contributed by atoms with Crippen LogP contribution in [0.5, 0.6) is 0 Å². The number of para-hydroxylation sites is 1. The Bertz CT molecular complexity index is 1760. The fourth-order valence-corrected chi connectivity index (χ4v) is 4.36. The van der Waals surface area contributed by atoms with Gasteiger partial charge in [-0.15, -0.1) is 5.10 Å². The Morgan fingerprint density at radius 3 is 2.61 bits per heavy atom. The fraction of sp³-hybridized carbons (Fsp3) is 0.111. The molecule has 0 unspecified atom stereocenters. The zero-order valence-corrected chi connectivity index (χ0v) is 20.0. The second-order valence-electron chi connectivity index (χ2n) is 8.57. The average molecular weight is 518 g/mol. The van der Waals surface area contributed by atoms with E-state index in [1.807, 2.05) is 0 Å². The third-order valence-electron chi connectivity index (χ3n) is 6.01. The number of allylic oxidation sites excluding steroid dienone is 1. The van der Waals surface area contributed by atoms with Gasteiger partial charge in [0.25, 0.3) is 11.5 Å². The van der Waals surface area contributed by atoms with Gasteiger partial charge in [0.15, 0.2) is 11.5 Å². The number of pyridine rings is 1.